The molecule has 0 saturated heterocycles. The summed E-state index contributed by atoms with van der Waals surface area (Å²) in [6, 6.07) is 10.7. The van der Waals surface area contributed by atoms with E-state index in [2.05, 4.69) is 30.3 Å². The molecule has 1 atom stereocenters. The zero-order chi connectivity index (χ0) is 28.5. The molecule has 10 heteroatoms. The Balaban J connectivity index is 2.04. The van der Waals surface area contributed by atoms with Gasteiger partial charge in [-0.05, 0) is 75.4 Å². The molecule has 0 heterocycles. The monoisotopic (exact) mass is 546 g/mol. The second-order valence-electron chi connectivity index (χ2n) is 10.2. The number of esters is 1. The fourth-order valence-corrected chi connectivity index (χ4v) is 3.83. The Morgan fingerprint density at radius 2 is 1.71 bits per heavy atom. The Labute approximate surface area is 230 Å². The van der Waals surface area contributed by atoms with Gasteiger partial charge in [-0.2, -0.15) is 0 Å². The van der Waals surface area contributed by atoms with E-state index < -0.39 is 24.0 Å². The normalized spacial score (nSPS) is 11.9. The maximum atomic E-state index is 12.8. The lowest BCUT2D eigenvalue weighted by Gasteiger charge is -2.25. The van der Waals surface area contributed by atoms with Gasteiger partial charge in [0.15, 0.2) is 18.1 Å². The Morgan fingerprint density at radius 3 is 2.32 bits per heavy atom. The van der Waals surface area contributed by atoms with Crippen molar-refractivity contribution in [2.45, 2.75) is 47.6 Å². The summed E-state index contributed by atoms with van der Waals surface area (Å²) in [5.74, 6) is -0.921. The van der Waals surface area contributed by atoms with Crippen molar-refractivity contribution in [3.05, 3.63) is 58.7 Å². The fourth-order valence-electron chi connectivity index (χ4n) is 3.53. The molecule has 0 aliphatic carbocycles. The molecule has 0 saturated carbocycles. The van der Waals surface area contributed by atoms with Gasteiger partial charge in [0.1, 0.15) is 0 Å². The number of carbonyl (C=O) groups excluding carboxylic acids is 2. The standard InChI is InChI=1S/C28H38N2O7S/c1-18-7-8-20(11-19(18)2)12-22(16-37-26(33)28(3,4)5)15-30(38)27(34)29-14-21-9-10-23(24(13-21)35-6)36-17-25(31)32/h7-11,13,22,38H,12,14-17H2,1-6H3,(H,29,34)(H,31,32). The summed E-state index contributed by atoms with van der Waals surface area (Å²) < 4.78 is 17.3. The number of thiol groups is 1. The van der Waals surface area contributed by atoms with Crippen LogP contribution in [0.15, 0.2) is 36.4 Å². The highest BCUT2D eigenvalue weighted by Gasteiger charge is 2.25. The predicted octanol–water partition coefficient (Wildman–Crippen LogP) is 4.58. The third kappa shape index (κ3) is 9.81. The second-order valence-corrected chi connectivity index (χ2v) is 10.7. The van der Waals surface area contributed by atoms with E-state index in [1.165, 1.54) is 22.5 Å². The minimum absolute atomic E-state index is 0.155. The molecule has 38 heavy (non-hydrogen) atoms. The number of carbonyl (C=O) groups is 3. The van der Waals surface area contributed by atoms with Gasteiger partial charge < -0.3 is 24.6 Å². The molecule has 0 aromatic heterocycles. The van der Waals surface area contributed by atoms with Crippen molar-refractivity contribution in [3.63, 3.8) is 0 Å². The number of methoxy groups -OCH3 is 1. The van der Waals surface area contributed by atoms with Crippen LogP contribution in [0, 0.1) is 25.2 Å². The number of benzene rings is 2. The summed E-state index contributed by atoms with van der Waals surface area (Å²) in [4.78, 5) is 35.9. The van der Waals surface area contributed by atoms with Gasteiger partial charge in [-0.15, -0.1) is 0 Å². The first-order valence-electron chi connectivity index (χ1n) is 12.3. The summed E-state index contributed by atoms with van der Waals surface area (Å²) >= 11 is 4.40. The van der Waals surface area contributed by atoms with Gasteiger partial charge in [-0.3, -0.25) is 9.10 Å². The van der Waals surface area contributed by atoms with Gasteiger partial charge in [-0.25, -0.2) is 9.59 Å². The number of carboxylic acid groups (broad SMARTS) is 1. The third-order valence-electron chi connectivity index (χ3n) is 5.85. The average molecular weight is 547 g/mol. The van der Waals surface area contributed by atoms with Crippen molar-refractivity contribution in [1.82, 2.24) is 9.62 Å². The molecular weight excluding hydrogens is 508 g/mol. The van der Waals surface area contributed by atoms with Crippen molar-refractivity contribution in [2.75, 3.05) is 26.9 Å². The molecule has 0 spiro atoms. The molecular formula is C28H38N2O7S. The Bertz CT molecular complexity index is 1130. The van der Waals surface area contributed by atoms with Gasteiger partial charge in [0, 0.05) is 19.0 Å². The van der Waals surface area contributed by atoms with E-state index in [-0.39, 0.29) is 31.6 Å². The van der Waals surface area contributed by atoms with E-state index >= 15 is 0 Å². The number of carboxylic acids is 1. The number of hydrogen-bond donors (Lipinski definition) is 3. The zero-order valence-corrected chi connectivity index (χ0v) is 23.8. The van der Waals surface area contributed by atoms with E-state index in [0.717, 1.165) is 11.1 Å². The van der Waals surface area contributed by atoms with Crippen LogP contribution in [-0.4, -0.2) is 54.2 Å². The average Bonchev–Trinajstić information content (AvgIpc) is 2.85. The smallest absolute Gasteiger partial charge is 0.341 e. The van der Waals surface area contributed by atoms with E-state index in [1.54, 1.807) is 39.0 Å². The van der Waals surface area contributed by atoms with Crippen molar-refractivity contribution >= 4 is 30.8 Å². The second kappa shape index (κ2) is 13.9. The van der Waals surface area contributed by atoms with Gasteiger partial charge in [0.2, 0.25) is 0 Å². The minimum atomic E-state index is -1.10. The number of nitrogens with one attached hydrogen (secondary N) is 1. The molecule has 2 amide bonds. The first-order valence-corrected chi connectivity index (χ1v) is 12.7. The molecule has 9 nitrogen and oxygen atoms in total. The largest absolute Gasteiger partial charge is 0.493 e. The van der Waals surface area contributed by atoms with Gasteiger partial charge in [0.05, 0.1) is 19.1 Å². The van der Waals surface area contributed by atoms with Crippen LogP contribution in [0.2, 0.25) is 0 Å². The SMILES string of the molecule is COc1cc(CNC(=O)N(S)CC(COC(=O)C(C)(C)C)Cc2ccc(C)c(C)c2)ccc1OCC(=O)O. The number of ether oxygens (including phenoxy) is 3. The molecule has 2 N–H and O–H groups in total. The Morgan fingerprint density at radius 1 is 1.03 bits per heavy atom. The van der Waals surface area contributed by atoms with Gasteiger partial charge >= 0.3 is 18.0 Å². The lowest BCUT2D eigenvalue weighted by atomic mass is 9.96. The lowest BCUT2D eigenvalue weighted by molar-refractivity contribution is -0.154. The van der Waals surface area contributed by atoms with Crippen LogP contribution in [0.25, 0.3) is 0 Å². The van der Waals surface area contributed by atoms with Crippen LogP contribution in [0.1, 0.15) is 43.0 Å². The third-order valence-corrected chi connectivity index (χ3v) is 6.19. The number of nitrogens with zero attached hydrogens (tertiary/aromatic N) is 1. The number of aryl methyl sites for hydroxylation is 2. The lowest BCUT2D eigenvalue weighted by Crippen LogP contribution is -2.38. The molecule has 0 radical (unpaired) electrons. The predicted molar refractivity (Wildman–Crippen MR) is 148 cm³/mol. The summed E-state index contributed by atoms with van der Waals surface area (Å²) in [6.07, 6.45) is 0.609. The first kappa shape index (κ1) is 30.8. The molecule has 1 unspecified atom stereocenters. The maximum absolute atomic E-state index is 12.8. The molecule has 0 fully saturated rings. The zero-order valence-electron chi connectivity index (χ0n) is 22.9. The van der Waals surface area contributed by atoms with E-state index in [9.17, 15) is 14.4 Å². The van der Waals surface area contributed by atoms with Gasteiger partial charge in [-0.1, -0.05) is 37.1 Å². The van der Waals surface area contributed by atoms with Crippen LogP contribution >= 0.6 is 12.8 Å². The molecule has 208 valence electrons. The quantitative estimate of drug-likeness (QED) is 0.264. The number of hydrogen-bond acceptors (Lipinski definition) is 7. The topological polar surface area (TPSA) is 114 Å². The van der Waals surface area contributed by atoms with Crippen molar-refractivity contribution < 1.29 is 33.7 Å². The highest BCUT2D eigenvalue weighted by atomic mass is 32.1. The fraction of sp³-hybridized carbons (Fsp3) is 0.464. The molecule has 0 bridgehead atoms. The van der Waals surface area contributed by atoms with E-state index in [4.69, 9.17) is 19.3 Å². The van der Waals surface area contributed by atoms with Crippen molar-refractivity contribution in [1.29, 1.82) is 0 Å². The van der Waals surface area contributed by atoms with E-state index in [1.807, 2.05) is 19.9 Å². The number of rotatable bonds is 12. The summed E-state index contributed by atoms with van der Waals surface area (Å²) in [6.45, 7) is 9.59. The molecule has 0 aliphatic rings. The van der Waals surface area contributed by atoms with Crippen LogP contribution in [-0.2, 0) is 27.3 Å². The first-order chi connectivity index (χ1) is 17.8. The highest BCUT2D eigenvalue weighted by Crippen LogP contribution is 2.28. The summed E-state index contributed by atoms with van der Waals surface area (Å²) in [5, 5.41) is 11.6. The number of amides is 2. The molecule has 0 aliphatic heterocycles. The van der Waals surface area contributed by atoms with Crippen LogP contribution < -0.4 is 14.8 Å². The maximum Gasteiger partial charge on any atom is 0.341 e. The van der Waals surface area contributed by atoms with Crippen LogP contribution in [0.4, 0.5) is 4.79 Å². The number of aliphatic carboxylic acids is 1. The highest BCUT2D eigenvalue weighted by molar-refractivity contribution is 7.78. The summed E-state index contributed by atoms with van der Waals surface area (Å²) in [5.41, 5.74) is 3.55. The van der Waals surface area contributed by atoms with Crippen LogP contribution in [0.5, 0.6) is 11.5 Å². The van der Waals surface area contributed by atoms with Gasteiger partial charge in [0.25, 0.3) is 0 Å². The number of urea groups is 1. The Hall–Kier alpha value is -3.40. The van der Waals surface area contributed by atoms with E-state index in [0.29, 0.717) is 17.9 Å². The summed E-state index contributed by atoms with van der Waals surface area (Å²) in [7, 11) is 1.45. The Kier molecular flexibility index (Phi) is 11.3. The van der Waals surface area contributed by atoms with Crippen LogP contribution in [0.3, 0.4) is 0 Å². The minimum Gasteiger partial charge on any atom is -0.493 e. The molecule has 2 aromatic rings. The van der Waals surface area contributed by atoms with Crippen molar-refractivity contribution in [3.8, 4) is 11.5 Å². The molecule has 2 rings (SSSR count). The van der Waals surface area contributed by atoms with Crippen molar-refractivity contribution in [2.24, 2.45) is 11.3 Å². The molecule has 2 aromatic carbocycles.